The van der Waals surface area contributed by atoms with Gasteiger partial charge in [0.2, 0.25) is 0 Å². The van der Waals surface area contributed by atoms with Crippen molar-refractivity contribution in [3.8, 4) is 0 Å². The number of hydrogen-bond donors (Lipinski definition) is 1. The highest BCUT2D eigenvalue weighted by Crippen LogP contribution is 2.75. The van der Waals surface area contributed by atoms with Gasteiger partial charge in [-0.15, -0.1) is 0 Å². The summed E-state index contributed by atoms with van der Waals surface area (Å²) < 4.78 is 20.1. The molecule has 0 amide bonds. The monoisotopic (exact) mass is 630 g/mol. The Morgan fingerprint density at radius 3 is 2.29 bits per heavy atom. The highest BCUT2D eigenvalue weighted by Gasteiger charge is 2.71. The van der Waals surface area contributed by atoms with Gasteiger partial charge in [0.15, 0.2) is 0 Å². The van der Waals surface area contributed by atoms with Crippen LogP contribution in [0.25, 0.3) is 0 Å². The van der Waals surface area contributed by atoms with Gasteiger partial charge >= 0.3 is 5.97 Å². The molecule has 2 bridgehead atoms. The number of carbonyl (C=O) groups is 1. The molecular formula is C39H67NO5. The first-order valence-electron chi connectivity index (χ1n) is 18.1. The second-order valence-electron chi connectivity index (χ2n) is 18.5. The van der Waals surface area contributed by atoms with Crippen molar-refractivity contribution in [3.05, 3.63) is 11.6 Å². The molecule has 4 aliphatic carbocycles. The fraction of sp³-hybridized carbons (Fsp3) is 0.923. The molecule has 1 heterocycles. The van der Waals surface area contributed by atoms with Crippen LogP contribution in [0.5, 0.6) is 0 Å². The summed E-state index contributed by atoms with van der Waals surface area (Å²) >= 11 is 0. The largest absolute Gasteiger partial charge is 0.481 e. The predicted molar refractivity (Wildman–Crippen MR) is 181 cm³/mol. The molecule has 0 spiro atoms. The van der Waals surface area contributed by atoms with Gasteiger partial charge in [0, 0.05) is 23.5 Å². The van der Waals surface area contributed by atoms with Crippen molar-refractivity contribution < 1.29 is 24.1 Å². The molecule has 0 aromatic heterocycles. The third-order valence-electron chi connectivity index (χ3n) is 16.2. The molecular weight excluding hydrogens is 562 g/mol. The van der Waals surface area contributed by atoms with Crippen molar-refractivity contribution in [2.75, 3.05) is 41.0 Å². The highest BCUT2D eigenvalue weighted by molar-refractivity contribution is 5.73. The fourth-order valence-corrected chi connectivity index (χ4v) is 12.2. The summed E-state index contributed by atoms with van der Waals surface area (Å²) in [4.78, 5) is 15.7. The summed E-state index contributed by atoms with van der Waals surface area (Å²) in [5.41, 5.74) is 0.629. The molecule has 1 saturated heterocycles. The van der Waals surface area contributed by atoms with Gasteiger partial charge in [0.1, 0.15) is 0 Å². The number of nitrogens with zero attached hydrogens (tertiary/aromatic N) is 1. The van der Waals surface area contributed by atoms with Gasteiger partial charge < -0.3 is 24.2 Å². The average molecular weight is 630 g/mol. The van der Waals surface area contributed by atoms with Gasteiger partial charge in [0.25, 0.3) is 0 Å². The number of carboxylic acids is 1. The molecule has 0 unspecified atom stereocenters. The van der Waals surface area contributed by atoms with E-state index < -0.39 is 5.97 Å². The van der Waals surface area contributed by atoms with Crippen molar-refractivity contribution in [2.24, 2.45) is 62.6 Å². The van der Waals surface area contributed by atoms with Gasteiger partial charge in [-0.2, -0.15) is 0 Å². The molecule has 258 valence electrons. The van der Waals surface area contributed by atoms with Crippen molar-refractivity contribution >= 4 is 5.97 Å². The summed E-state index contributed by atoms with van der Waals surface area (Å²) in [6.45, 7) is 25.3. The van der Waals surface area contributed by atoms with E-state index in [4.69, 9.17) is 14.2 Å². The minimum Gasteiger partial charge on any atom is -0.481 e. The summed E-state index contributed by atoms with van der Waals surface area (Å²) in [6, 6.07) is 0. The zero-order valence-electron chi connectivity index (χ0n) is 31.1. The number of aliphatic carboxylic acids is 1. The summed E-state index contributed by atoms with van der Waals surface area (Å²) in [5, 5.41) is 11.0. The first-order chi connectivity index (χ1) is 20.8. The number of ether oxygens (including phenoxy) is 3. The van der Waals surface area contributed by atoms with Crippen LogP contribution in [-0.2, 0) is 19.0 Å². The number of methoxy groups -OCH3 is 1. The molecule has 0 radical (unpaired) electrons. The quantitative estimate of drug-likeness (QED) is 0.261. The Labute approximate surface area is 275 Å². The van der Waals surface area contributed by atoms with Gasteiger partial charge in [-0.05, 0) is 105 Å². The third kappa shape index (κ3) is 4.79. The molecule has 6 nitrogen and oxygen atoms in total. The van der Waals surface area contributed by atoms with Crippen LogP contribution in [0.4, 0.5) is 0 Å². The smallest absolute Gasteiger partial charge is 0.307 e. The topological polar surface area (TPSA) is 68.2 Å². The maximum absolute atomic E-state index is 13.4. The number of fused-ring (bicyclic) bond motifs is 3. The highest BCUT2D eigenvalue weighted by atomic mass is 16.5. The Balaban J connectivity index is 1.54. The van der Waals surface area contributed by atoms with E-state index in [-0.39, 0.29) is 50.7 Å². The molecule has 5 rings (SSSR count). The summed E-state index contributed by atoms with van der Waals surface area (Å²) in [6.07, 6.45) is 8.53. The molecule has 0 aromatic rings. The second-order valence-corrected chi connectivity index (χ2v) is 18.5. The summed E-state index contributed by atoms with van der Waals surface area (Å²) in [7, 11) is 6.19. The Kier molecular flexibility index (Phi) is 9.11. The molecule has 3 saturated carbocycles. The van der Waals surface area contributed by atoms with E-state index in [0.29, 0.717) is 42.8 Å². The van der Waals surface area contributed by atoms with Crippen LogP contribution in [0.3, 0.4) is 0 Å². The maximum Gasteiger partial charge on any atom is 0.307 e. The molecule has 12 atom stereocenters. The molecule has 6 heteroatoms. The van der Waals surface area contributed by atoms with E-state index in [2.05, 4.69) is 94.3 Å². The minimum absolute atomic E-state index is 0.0113. The Hall–Kier alpha value is -0.950. The average Bonchev–Trinajstić information content (AvgIpc) is 2.95. The Morgan fingerprint density at radius 2 is 1.73 bits per heavy atom. The van der Waals surface area contributed by atoms with Crippen LogP contribution in [0.2, 0.25) is 0 Å². The molecule has 1 aliphatic heterocycles. The van der Waals surface area contributed by atoms with E-state index in [9.17, 15) is 9.90 Å². The summed E-state index contributed by atoms with van der Waals surface area (Å²) in [5.74, 6) is 1.09. The van der Waals surface area contributed by atoms with Gasteiger partial charge in [-0.25, -0.2) is 0 Å². The van der Waals surface area contributed by atoms with Crippen molar-refractivity contribution in [2.45, 2.75) is 126 Å². The van der Waals surface area contributed by atoms with Crippen molar-refractivity contribution in [1.29, 1.82) is 0 Å². The number of carboxylic acid groups (broad SMARTS) is 1. The first kappa shape index (κ1) is 35.4. The first-order valence-corrected chi connectivity index (χ1v) is 18.1. The lowest BCUT2D eigenvalue weighted by Gasteiger charge is -2.71. The number of likely N-dealkylation sites (N-methyl/N-ethyl adjacent to an activating group) is 1. The van der Waals surface area contributed by atoms with Crippen molar-refractivity contribution in [1.82, 2.24) is 4.90 Å². The van der Waals surface area contributed by atoms with Gasteiger partial charge in [0.05, 0.1) is 37.9 Å². The Morgan fingerprint density at radius 1 is 1.07 bits per heavy atom. The number of allylic oxidation sites excluding steroid dienone is 1. The van der Waals surface area contributed by atoms with Gasteiger partial charge in [-0.1, -0.05) is 74.0 Å². The van der Waals surface area contributed by atoms with Gasteiger partial charge in [-0.3, -0.25) is 4.79 Å². The maximum atomic E-state index is 13.4. The molecule has 45 heavy (non-hydrogen) atoms. The van der Waals surface area contributed by atoms with Crippen LogP contribution in [0, 0.1) is 62.6 Å². The number of rotatable bonds is 9. The molecule has 5 aliphatic rings. The standard InChI is InChI=1S/C39H67NO5/c1-24(2)26(5)34(6)18-19-36(8)27-14-15-30-35(7)21-44-23-39(30,28(27)16-17-37(36,9)31(34)33(41)42)20-29(43-13)32(35)45-22-38(10,25(3)4)40(11)12/h16,24-27,29-32H,14-15,17-23H2,1-13H3,(H,41,42)/t26-,27+,29-,30+,31-,32+,34-,35+,36-,37+,38-,39+/m1/s1. The Bertz CT molecular complexity index is 1160. The van der Waals surface area contributed by atoms with Crippen LogP contribution in [-0.4, -0.2) is 74.7 Å². The van der Waals surface area contributed by atoms with E-state index in [0.717, 1.165) is 45.1 Å². The van der Waals surface area contributed by atoms with E-state index in [1.165, 1.54) is 0 Å². The van der Waals surface area contributed by atoms with E-state index in [1.54, 1.807) is 5.57 Å². The van der Waals surface area contributed by atoms with Crippen LogP contribution in [0.15, 0.2) is 11.6 Å². The second kappa shape index (κ2) is 11.6. The molecule has 4 fully saturated rings. The van der Waals surface area contributed by atoms with Crippen LogP contribution in [0.1, 0.15) is 108 Å². The predicted octanol–water partition coefficient (Wildman–Crippen LogP) is 7.95. The fourth-order valence-electron chi connectivity index (χ4n) is 12.2. The van der Waals surface area contributed by atoms with Crippen LogP contribution < -0.4 is 0 Å². The zero-order chi connectivity index (χ0) is 33.5. The van der Waals surface area contributed by atoms with Crippen LogP contribution >= 0.6 is 0 Å². The van der Waals surface area contributed by atoms with Crippen molar-refractivity contribution in [3.63, 3.8) is 0 Å². The minimum atomic E-state index is -0.598. The lowest BCUT2D eigenvalue weighted by molar-refractivity contribution is -0.271. The molecule has 0 aromatic carbocycles. The van der Waals surface area contributed by atoms with E-state index in [1.807, 2.05) is 7.11 Å². The zero-order valence-corrected chi connectivity index (χ0v) is 31.1. The normalized spacial score (nSPS) is 46.6. The number of hydrogen-bond acceptors (Lipinski definition) is 5. The van der Waals surface area contributed by atoms with E-state index >= 15 is 0 Å². The SMILES string of the molecule is CO[C@@H]1C[C@@]23COC[C@@](C)([C@@H]2CC[C@H]2C3=CC[C@@]3(C)[C@H](C(=O)O)[C@@](C)([C@H](C)C(C)C)CC[C@]23C)[C@H]1OC[C@](C)(C(C)C)N(C)C. The lowest BCUT2D eigenvalue weighted by atomic mass is 9.34. The lowest BCUT2D eigenvalue weighted by Crippen LogP contribution is -2.70. The molecule has 1 N–H and O–H groups in total. The third-order valence-corrected chi connectivity index (χ3v) is 16.2.